The number of nitrogens with zero attached hydrogens (tertiary/aromatic N) is 2. The normalized spacial score (nSPS) is 11.9. The van der Waals surface area contributed by atoms with Gasteiger partial charge in [-0.2, -0.15) is 5.10 Å². The van der Waals surface area contributed by atoms with Crippen molar-refractivity contribution in [2.75, 3.05) is 5.32 Å². The fourth-order valence-corrected chi connectivity index (χ4v) is 2.42. The first-order chi connectivity index (χ1) is 11.1. The number of nitrogens with one attached hydrogen (secondary N) is 1. The summed E-state index contributed by atoms with van der Waals surface area (Å²) in [6.45, 7) is 2.48. The molecule has 1 heterocycles. The molecule has 3 N–H and O–H groups in total. The van der Waals surface area contributed by atoms with E-state index in [1.54, 1.807) is 16.9 Å². The maximum Gasteiger partial charge on any atom is 0.226 e. The second kappa shape index (κ2) is 8.12. The fraction of sp³-hybridized carbons (Fsp3) is 0.353. The van der Waals surface area contributed by atoms with Gasteiger partial charge >= 0.3 is 0 Å². The van der Waals surface area contributed by atoms with Crippen LogP contribution in [-0.2, 0) is 16.1 Å². The van der Waals surface area contributed by atoms with Crippen molar-refractivity contribution in [2.24, 2.45) is 5.73 Å². The number of aryl methyl sites for hydroxylation is 1. The van der Waals surface area contributed by atoms with Crippen LogP contribution in [0.3, 0.4) is 0 Å². The Morgan fingerprint density at radius 3 is 2.65 bits per heavy atom. The number of benzene rings is 1. The molecule has 2 amide bonds. The Kier molecular flexibility index (Phi) is 5.91. The Hall–Kier alpha value is -2.63. The Morgan fingerprint density at radius 1 is 1.26 bits per heavy atom. The highest BCUT2D eigenvalue weighted by Gasteiger charge is 2.15. The van der Waals surface area contributed by atoms with Crippen molar-refractivity contribution < 1.29 is 9.59 Å². The molecule has 1 atom stereocenters. The maximum absolute atomic E-state index is 12.2. The van der Waals surface area contributed by atoms with Crippen molar-refractivity contribution in [1.29, 1.82) is 0 Å². The van der Waals surface area contributed by atoms with Crippen LogP contribution in [0.25, 0.3) is 0 Å². The van der Waals surface area contributed by atoms with Gasteiger partial charge in [0, 0.05) is 31.6 Å². The highest BCUT2D eigenvalue weighted by Crippen LogP contribution is 2.23. The predicted octanol–water partition coefficient (Wildman–Crippen LogP) is 2.28. The number of anilines is 1. The van der Waals surface area contributed by atoms with Crippen LogP contribution in [0, 0.1) is 0 Å². The van der Waals surface area contributed by atoms with Crippen LogP contribution in [-0.4, -0.2) is 21.6 Å². The van der Waals surface area contributed by atoms with Gasteiger partial charge in [-0.05, 0) is 17.9 Å². The Balaban J connectivity index is 1.90. The number of aromatic nitrogens is 2. The summed E-state index contributed by atoms with van der Waals surface area (Å²) in [6, 6.07) is 11.7. The predicted molar refractivity (Wildman–Crippen MR) is 88.8 cm³/mol. The average Bonchev–Trinajstić information content (AvgIpc) is 2.99. The van der Waals surface area contributed by atoms with E-state index in [1.807, 2.05) is 30.3 Å². The van der Waals surface area contributed by atoms with Crippen molar-refractivity contribution in [2.45, 2.75) is 38.6 Å². The standard InChI is InChI=1S/C17H22N4O2/c1-2-13(14-6-4-3-5-7-14)12-17(23)19-16-9-11-21(20-16)10-8-15(18)22/h3-7,9,11,13H,2,8,10,12H2,1H3,(H2,18,22)(H,19,20,23)/t13-/m1/s1. The molecule has 0 aliphatic rings. The van der Waals surface area contributed by atoms with Crippen molar-refractivity contribution in [3.8, 4) is 0 Å². The topological polar surface area (TPSA) is 90.0 Å². The zero-order valence-electron chi connectivity index (χ0n) is 13.2. The van der Waals surface area contributed by atoms with Gasteiger partial charge in [0.05, 0.1) is 0 Å². The van der Waals surface area contributed by atoms with Gasteiger partial charge < -0.3 is 11.1 Å². The molecule has 2 rings (SSSR count). The first-order valence-electron chi connectivity index (χ1n) is 7.75. The molecule has 0 saturated carbocycles. The van der Waals surface area contributed by atoms with Gasteiger partial charge in [-0.1, -0.05) is 37.3 Å². The Morgan fingerprint density at radius 2 is 2.00 bits per heavy atom. The number of amides is 2. The number of primary amides is 1. The lowest BCUT2D eigenvalue weighted by Crippen LogP contribution is -2.17. The quantitative estimate of drug-likeness (QED) is 0.783. The van der Waals surface area contributed by atoms with Crippen LogP contribution in [0.1, 0.15) is 37.7 Å². The number of hydrogen-bond donors (Lipinski definition) is 2. The first-order valence-corrected chi connectivity index (χ1v) is 7.75. The third-order valence-corrected chi connectivity index (χ3v) is 3.69. The number of carbonyl (C=O) groups is 2. The third-order valence-electron chi connectivity index (χ3n) is 3.69. The summed E-state index contributed by atoms with van der Waals surface area (Å²) in [5.41, 5.74) is 6.27. The van der Waals surface area contributed by atoms with E-state index in [1.165, 1.54) is 0 Å². The van der Waals surface area contributed by atoms with E-state index >= 15 is 0 Å². The zero-order valence-corrected chi connectivity index (χ0v) is 13.2. The molecule has 0 fully saturated rings. The lowest BCUT2D eigenvalue weighted by atomic mass is 9.93. The number of nitrogens with two attached hydrogens (primary N) is 1. The Bertz CT molecular complexity index is 652. The molecule has 6 heteroatoms. The maximum atomic E-state index is 12.2. The van der Waals surface area contributed by atoms with E-state index < -0.39 is 0 Å². The van der Waals surface area contributed by atoms with Crippen LogP contribution >= 0.6 is 0 Å². The van der Waals surface area contributed by atoms with Crippen molar-refractivity contribution in [1.82, 2.24) is 9.78 Å². The van der Waals surface area contributed by atoms with Crippen LogP contribution < -0.4 is 11.1 Å². The molecule has 1 aromatic heterocycles. The van der Waals surface area contributed by atoms with E-state index in [0.717, 1.165) is 12.0 Å². The summed E-state index contributed by atoms with van der Waals surface area (Å²) in [6.07, 6.45) is 3.24. The monoisotopic (exact) mass is 314 g/mol. The molecule has 0 aliphatic carbocycles. The summed E-state index contributed by atoms with van der Waals surface area (Å²) in [5, 5.41) is 7.00. The molecule has 0 spiro atoms. The van der Waals surface area contributed by atoms with Gasteiger partial charge in [-0.3, -0.25) is 14.3 Å². The second-order valence-electron chi connectivity index (χ2n) is 5.45. The highest BCUT2D eigenvalue weighted by atomic mass is 16.2. The minimum Gasteiger partial charge on any atom is -0.370 e. The largest absolute Gasteiger partial charge is 0.370 e. The Labute approximate surface area is 135 Å². The van der Waals surface area contributed by atoms with Gasteiger partial charge in [0.1, 0.15) is 0 Å². The molecule has 122 valence electrons. The second-order valence-corrected chi connectivity index (χ2v) is 5.45. The van der Waals surface area contributed by atoms with Gasteiger partial charge in [-0.15, -0.1) is 0 Å². The van der Waals surface area contributed by atoms with Crippen LogP contribution in [0.4, 0.5) is 5.82 Å². The minimum absolute atomic E-state index is 0.0687. The van der Waals surface area contributed by atoms with Crippen molar-refractivity contribution in [3.63, 3.8) is 0 Å². The number of hydrogen-bond acceptors (Lipinski definition) is 3. The van der Waals surface area contributed by atoms with Crippen molar-refractivity contribution in [3.05, 3.63) is 48.2 Å². The van der Waals surface area contributed by atoms with Gasteiger partial charge in [-0.25, -0.2) is 0 Å². The summed E-state index contributed by atoms with van der Waals surface area (Å²) in [4.78, 5) is 23.0. The first kappa shape index (κ1) is 16.7. The summed E-state index contributed by atoms with van der Waals surface area (Å²) in [7, 11) is 0. The minimum atomic E-state index is -0.375. The average molecular weight is 314 g/mol. The van der Waals surface area contributed by atoms with Crippen LogP contribution in [0.15, 0.2) is 42.6 Å². The lowest BCUT2D eigenvalue weighted by Gasteiger charge is -2.14. The molecular formula is C17H22N4O2. The van der Waals surface area contributed by atoms with Gasteiger partial charge in [0.2, 0.25) is 11.8 Å². The van der Waals surface area contributed by atoms with Crippen LogP contribution in [0.5, 0.6) is 0 Å². The van der Waals surface area contributed by atoms with E-state index in [9.17, 15) is 9.59 Å². The molecule has 1 aromatic carbocycles. The van der Waals surface area contributed by atoms with Crippen LogP contribution in [0.2, 0.25) is 0 Å². The number of rotatable bonds is 8. The SMILES string of the molecule is CC[C@H](CC(=O)Nc1ccn(CCC(N)=O)n1)c1ccccc1. The molecule has 0 aliphatic heterocycles. The smallest absolute Gasteiger partial charge is 0.226 e. The molecule has 0 saturated heterocycles. The summed E-state index contributed by atoms with van der Waals surface area (Å²) < 4.78 is 1.59. The van der Waals surface area contributed by atoms with E-state index in [4.69, 9.17) is 5.73 Å². The zero-order chi connectivity index (χ0) is 16.7. The molecule has 0 radical (unpaired) electrons. The molecule has 0 unspecified atom stereocenters. The highest BCUT2D eigenvalue weighted by molar-refractivity contribution is 5.90. The summed E-state index contributed by atoms with van der Waals surface area (Å²) in [5.74, 6) is 0.233. The molecule has 6 nitrogen and oxygen atoms in total. The molecule has 23 heavy (non-hydrogen) atoms. The van der Waals surface area contributed by atoms with E-state index in [-0.39, 0.29) is 24.2 Å². The van der Waals surface area contributed by atoms with Crippen molar-refractivity contribution >= 4 is 17.6 Å². The molecule has 0 bridgehead atoms. The molecule has 2 aromatic rings. The third kappa shape index (κ3) is 5.25. The van der Waals surface area contributed by atoms with E-state index in [0.29, 0.717) is 18.8 Å². The van der Waals surface area contributed by atoms with Gasteiger partial charge in [0.25, 0.3) is 0 Å². The van der Waals surface area contributed by atoms with E-state index in [2.05, 4.69) is 17.3 Å². The summed E-state index contributed by atoms with van der Waals surface area (Å²) >= 11 is 0. The molecular weight excluding hydrogens is 292 g/mol. The lowest BCUT2D eigenvalue weighted by molar-refractivity contribution is -0.118. The number of carbonyl (C=O) groups excluding carboxylic acids is 2. The van der Waals surface area contributed by atoms with Gasteiger partial charge in [0.15, 0.2) is 5.82 Å². The fourth-order valence-electron chi connectivity index (χ4n) is 2.42.